The lowest BCUT2D eigenvalue weighted by atomic mass is 9.90. The topological polar surface area (TPSA) is 46.2 Å². The number of alkyl halides is 6. The maximum absolute atomic E-state index is 13.8. The number of hydrogen-bond acceptors (Lipinski definition) is 2. The van der Waals surface area contributed by atoms with Crippen molar-refractivity contribution in [1.29, 1.82) is 0 Å². The fourth-order valence-electron chi connectivity index (χ4n) is 3.74. The summed E-state index contributed by atoms with van der Waals surface area (Å²) in [5, 5.41) is 1.43. The van der Waals surface area contributed by atoms with E-state index in [1.807, 2.05) is 0 Å². The van der Waals surface area contributed by atoms with Gasteiger partial charge in [-0.2, -0.15) is 26.3 Å². The Balaban J connectivity index is 2.27. The third kappa shape index (κ3) is 8.65. The second-order valence-electron chi connectivity index (χ2n) is 8.57. The van der Waals surface area contributed by atoms with Gasteiger partial charge in [0.1, 0.15) is 6.54 Å². The number of carbonyl (C=O) groups excluding carboxylic acids is 2. The average Bonchev–Trinajstić information content (AvgIpc) is 2.73. The molecule has 12 heteroatoms. The van der Waals surface area contributed by atoms with E-state index < -0.39 is 42.4 Å². The first-order chi connectivity index (χ1) is 16.9. The first kappa shape index (κ1) is 31.0. The highest BCUT2D eigenvalue weighted by Crippen LogP contribution is 2.41. The molecule has 1 N–H and O–H groups in total. The Hall–Kier alpha value is -2.23. The first-order valence-electron chi connectivity index (χ1n) is 10.8. The highest BCUT2D eigenvalue weighted by Gasteiger charge is 2.39. The minimum Gasteiger partial charge on any atom is -0.347 e. The Labute approximate surface area is 224 Å². The predicted octanol–water partition coefficient (Wildman–Crippen LogP) is 8.51. The van der Waals surface area contributed by atoms with E-state index in [9.17, 15) is 35.9 Å². The zero-order chi connectivity index (χ0) is 28.3. The van der Waals surface area contributed by atoms with Gasteiger partial charge in [0.2, 0.25) is 5.91 Å². The molecule has 0 fully saturated rings. The SMILES string of the molecule is Cc1cc(/C=C/C(c2cc(Cl)c(Cl)c(Cl)c2)C(F)(F)F)cc(C)c1C(=O)C[C@H](C)C(=O)NCC(F)(F)F. The zero-order valence-electron chi connectivity index (χ0n) is 19.8. The van der Waals surface area contributed by atoms with Gasteiger partial charge in [-0.1, -0.05) is 66.0 Å². The molecule has 1 amide bonds. The number of ketones is 1. The lowest BCUT2D eigenvalue weighted by molar-refractivity contribution is -0.140. The molecule has 0 radical (unpaired) electrons. The van der Waals surface area contributed by atoms with Crippen molar-refractivity contribution in [3.05, 3.63) is 73.2 Å². The minimum absolute atomic E-state index is 0.0596. The van der Waals surface area contributed by atoms with Crippen molar-refractivity contribution in [3.63, 3.8) is 0 Å². The van der Waals surface area contributed by atoms with Gasteiger partial charge in [-0.05, 0) is 48.2 Å². The number of hydrogen-bond donors (Lipinski definition) is 1. The van der Waals surface area contributed by atoms with E-state index in [0.29, 0.717) is 16.7 Å². The van der Waals surface area contributed by atoms with Gasteiger partial charge in [0.15, 0.2) is 5.78 Å². The van der Waals surface area contributed by atoms with Gasteiger partial charge in [-0.15, -0.1) is 0 Å². The molecule has 0 aliphatic carbocycles. The number of Topliss-reactive ketones (excluding diaryl/α,β-unsaturated/α-hetero) is 1. The lowest BCUT2D eigenvalue weighted by Crippen LogP contribution is -2.37. The van der Waals surface area contributed by atoms with E-state index in [1.165, 1.54) is 25.1 Å². The van der Waals surface area contributed by atoms with Gasteiger partial charge in [0.05, 0.1) is 21.0 Å². The van der Waals surface area contributed by atoms with Gasteiger partial charge >= 0.3 is 12.4 Å². The maximum atomic E-state index is 13.8. The van der Waals surface area contributed by atoms with E-state index in [-0.39, 0.29) is 32.6 Å². The van der Waals surface area contributed by atoms with E-state index in [0.717, 1.165) is 18.2 Å². The first-order valence-corrected chi connectivity index (χ1v) is 11.9. The molecule has 0 aliphatic rings. The van der Waals surface area contributed by atoms with Crippen LogP contribution < -0.4 is 5.32 Å². The van der Waals surface area contributed by atoms with E-state index in [2.05, 4.69) is 0 Å². The van der Waals surface area contributed by atoms with Crippen LogP contribution in [0, 0.1) is 19.8 Å². The van der Waals surface area contributed by atoms with Gasteiger partial charge in [0, 0.05) is 17.9 Å². The van der Waals surface area contributed by atoms with Crippen LogP contribution >= 0.6 is 34.8 Å². The van der Waals surface area contributed by atoms with Gasteiger partial charge < -0.3 is 5.32 Å². The van der Waals surface area contributed by atoms with Crippen molar-refractivity contribution >= 4 is 52.6 Å². The van der Waals surface area contributed by atoms with E-state index in [4.69, 9.17) is 34.8 Å². The van der Waals surface area contributed by atoms with Gasteiger partial charge in [0.25, 0.3) is 0 Å². The summed E-state index contributed by atoms with van der Waals surface area (Å²) in [6.45, 7) is 2.98. The monoisotopic (exact) mass is 587 g/mol. The molecule has 2 rings (SSSR count). The van der Waals surface area contributed by atoms with Crippen LogP contribution in [0.3, 0.4) is 0 Å². The molecule has 0 aromatic heterocycles. The number of benzene rings is 2. The Morgan fingerprint density at radius 1 is 0.946 bits per heavy atom. The molecule has 2 aromatic rings. The number of amides is 1. The van der Waals surface area contributed by atoms with Gasteiger partial charge in [-0.25, -0.2) is 0 Å². The number of allylic oxidation sites excluding steroid dienone is 1. The number of halogens is 9. The second-order valence-corrected chi connectivity index (χ2v) is 9.76. The number of nitrogens with one attached hydrogen (secondary N) is 1. The molecule has 0 spiro atoms. The average molecular weight is 589 g/mol. The molecule has 2 aromatic carbocycles. The van der Waals surface area contributed by atoms with Crippen LogP contribution in [0.15, 0.2) is 30.3 Å². The van der Waals surface area contributed by atoms with Crippen molar-refractivity contribution in [2.45, 2.75) is 45.5 Å². The molecule has 0 saturated heterocycles. The quantitative estimate of drug-likeness (QED) is 0.191. The second kappa shape index (κ2) is 12.1. The van der Waals surface area contributed by atoms with Crippen molar-refractivity contribution in [2.75, 3.05) is 6.54 Å². The summed E-state index contributed by atoms with van der Waals surface area (Å²) in [5.41, 5.74) is 1.29. The smallest absolute Gasteiger partial charge is 0.347 e. The van der Waals surface area contributed by atoms with Crippen molar-refractivity contribution < 1.29 is 35.9 Å². The summed E-state index contributed by atoms with van der Waals surface area (Å²) in [6, 6.07) is 5.17. The zero-order valence-corrected chi connectivity index (χ0v) is 22.0. The predicted molar refractivity (Wildman–Crippen MR) is 132 cm³/mol. The third-order valence-corrected chi connectivity index (χ3v) is 6.63. The summed E-state index contributed by atoms with van der Waals surface area (Å²) in [4.78, 5) is 24.7. The molecule has 2 atom stereocenters. The van der Waals surface area contributed by atoms with Crippen molar-refractivity contribution in [3.8, 4) is 0 Å². The number of aryl methyl sites for hydroxylation is 2. The van der Waals surface area contributed by atoms with Crippen molar-refractivity contribution in [2.24, 2.45) is 5.92 Å². The standard InChI is InChI=1S/C25H22Cl3F6NO2/c1-12-6-15(4-5-17(25(32,33)34)16-9-18(26)22(28)19(27)10-16)7-13(2)21(12)20(36)8-14(3)23(37)35-11-24(29,30)31/h4-7,9-10,14,17H,8,11H2,1-3H3,(H,35,37)/b5-4+/t14-,17?/m0/s1. The normalized spacial score (nSPS) is 14.1. The lowest BCUT2D eigenvalue weighted by Gasteiger charge is -2.19. The van der Waals surface area contributed by atoms with Crippen LogP contribution in [0.4, 0.5) is 26.3 Å². The molecule has 202 valence electrons. The highest BCUT2D eigenvalue weighted by atomic mass is 35.5. The number of carbonyl (C=O) groups is 2. The Kier molecular flexibility index (Phi) is 10.1. The van der Waals surface area contributed by atoms with Crippen LogP contribution in [0.5, 0.6) is 0 Å². The fourth-order valence-corrected chi connectivity index (χ4v) is 4.35. The summed E-state index contributed by atoms with van der Waals surface area (Å²) in [7, 11) is 0. The van der Waals surface area contributed by atoms with Crippen LogP contribution in [-0.4, -0.2) is 30.6 Å². The molecule has 37 heavy (non-hydrogen) atoms. The maximum Gasteiger partial charge on any atom is 0.405 e. The third-order valence-electron chi connectivity index (χ3n) is 5.44. The van der Waals surface area contributed by atoms with Crippen LogP contribution in [0.1, 0.15) is 51.9 Å². The summed E-state index contributed by atoms with van der Waals surface area (Å²) >= 11 is 17.6. The molecule has 0 saturated carbocycles. The van der Waals surface area contributed by atoms with Crippen LogP contribution in [-0.2, 0) is 4.79 Å². The van der Waals surface area contributed by atoms with Crippen LogP contribution in [0.25, 0.3) is 6.08 Å². The Morgan fingerprint density at radius 2 is 1.46 bits per heavy atom. The summed E-state index contributed by atoms with van der Waals surface area (Å²) in [5.74, 6) is -4.45. The molecule has 1 unspecified atom stereocenters. The Morgan fingerprint density at radius 3 is 1.92 bits per heavy atom. The van der Waals surface area contributed by atoms with Gasteiger partial charge in [-0.3, -0.25) is 9.59 Å². The molecule has 3 nitrogen and oxygen atoms in total. The minimum atomic E-state index is -4.67. The Bertz CT molecular complexity index is 1160. The molecule has 0 bridgehead atoms. The number of rotatable bonds is 8. The summed E-state index contributed by atoms with van der Waals surface area (Å²) < 4.78 is 78.3. The molecular weight excluding hydrogens is 567 g/mol. The molecular formula is C25H22Cl3F6NO2. The molecule has 0 heterocycles. The van der Waals surface area contributed by atoms with Crippen LogP contribution in [0.2, 0.25) is 15.1 Å². The molecule has 0 aliphatic heterocycles. The highest BCUT2D eigenvalue weighted by molar-refractivity contribution is 6.48. The largest absolute Gasteiger partial charge is 0.405 e. The van der Waals surface area contributed by atoms with Crippen molar-refractivity contribution in [1.82, 2.24) is 5.32 Å². The summed E-state index contributed by atoms with van der Waals surface area (Å²) in [6.07, 6.45) is -7.41. The van der Waals surface area contributed by atoms with E-state index in [1.54, 1.807) is 19.2 Å². The van der Waals surface area contributed by atoms with E-state index >= 15 is 0 Å². The fraction of sp³-hybridized carbons (Fsp3) is 0.360.